The van der Waals surface area contributed by atoms with Crippen molar-refractivity contribution in [3.8, 4) is 17.0 Å². The minimum absolute atomic E-state index is 0.0154. The molecule has 1 atom stereocenters. The van der Waals surface area contributed by atoms with Gasteiger partial charge in [0.15, 0.2) is 0 Å². The van der Waals surface area contributed by atoms with Crippen LogP contribution in [0.4, 0.5) is 21.8 Å². The van der Waals surface area contributed by atoms with Crippen LogP contribution in [0.15, 0.2) is 67.1 Å². The zero-order chi connectivity index (χ0) is 39.6. The topological polar surface area (TPSA) is 146 Å². The van der Waals surface area contributed by atoms with E-state index in [-0.39, 0.29) is 30.1 Å². The molecule has 294 valence electrons. The number of nitrogens with one attached hydrogen (secondary N) is 2. The largest absolute Gasteiger partial charge is 0.477 e. The molecule has 8 rings (SSSR count). The monoisotopic (exact) mass is 771 g/mol. The number of carbonyl (C=O) groups excluding carboxylic acids is 3. The van der Waals surface area contributed by atoms with Crippen LogP contribution in [0.5, 0.6) is 5.88 Å². The number of piperidine rings is 1. The molecule has 1 unspecified atom stereocenters. The van der Waals surface area contributed by atoms with Gasteiger partial charge in [0.2, 0.25) is 29.5 Å². The summed E-state index contributed by atoms with van der Waals surface area (Å²) in [5, 5.41) is 6.40. The average molecular weight is 772 g/mol. The standard InChI is InChI=1S/C43H46FN9O4/c1-4-17-57-42-27(3)26(2)35(23-46-42)28-5-6-31-22-47-43(49-37(31)18-28)48-32-9-7-29(36(44)20-32)19-40(55)52-15-13-51(14-16-52)33-24-53(25-33)38-11-8-30(21-45-38)34-10-12-39(54)50-41(34)56/h5-9,11,18,20-23,33-34H,4,10,12-17,19,24-25H2,1-3H3,(H,47,48,49)(H,50,54,56). The molecular formula is C43H46FN9O4. The van der Waals surface area contributed by atoms with E-state index >= 15 is 4.39 Å². The normalized spacial score (nSPS) is 17.7. The van der Waals surface area contributed by atoms with Crippen LogP contribution in [0.2, 0.25) is 0 Å². The lowest BCUT2D eigenvalue weighted by Gasteiger charge is -2.48. The maximum atomic E-state index is 15.4. The third kappa shape index (κ3) is 8.13. The molecule has 0 radical (unpaired) electrons. The summed E-state index contributed by atoms with van der Waals surface area (Å²) in [6.07, 6.45) is 7.04. The SMILES string of the molecule is CCCOc1ncc(-c2ccc3cnc(Nc4ccc(CC(=O)N5CCN(C6CN(c7ccc(C8CCC(=O)NC8=O)cn7)C6)CC5)c(F)c4)nc3c2)c(C)c1C. The van der Waals surface area contributed by atoms with Gasteiger partial charge in [0.1, 0.15) is 11.6 Å². The van der Waals surface area contributed by atoms with Gasteiger partial charge in [0, 0.05) is 92.5 Å². The quantitative estimate of drug-likeness (QED) is 0.165. The molecule has 3 saturated heterocycles. The number of halogens is 1. The number of amides is 3. The summed E-state index contributed by atoms with van der Waals surface area (Å²) in [5.41, 5.74) is 6.45. The highest BCUT2D eigenvalue weighted by atomic mass is 19.1. The lowest BCUT2D eigenvalue weighted by Crippen LogP contribution is -2.63. The number of benzene rings is 2. The second kappa shape index (κ2) is 16.2. The Hall–Kier alpha value is -6.02. The van der Waals surface area contributed by atoms with E-state index in [9.17, 15) is 14.4 Å². The van der Waals surface area contributed by atoms with Gasteiger partial charge in [-0.2, -0.15) is 0 Å². The lowest BCUT2D eigenvalue weighted by molar-refractivity contribution is -0.134. The molecule has 3 amide bonds. The fraction of sp³-hybridized carbons (Fsp3) is 0.372. The number of fused-ring (bicyclic) bond motifs is 1. The number of anilines is 3. The maximum Gasteiger partial charge on any atom is 0.234 e. The molecule has 13 nitrogen and oxygen atoms in total. The molecule has 2 N–H and O–H groups in total. The van der Waals surface area contributed by atoms with Gasteiger partial charge in [-0.25, -0.2) is 24.3 Å². The minimum atomic E-state index is -0.465. The Balaban J connectivity index is 0.823. The highest BCUT2D eigenvalue weighted by Gasteiger charge is 2.35. The molecule has 3 aliphatic rings. The van der Waals surface area contributed by atoms with Crippen LogP contribution in [0, 0.1) is 19.7 Å². The van der Waals surface area contributed by atoms with Crippen LogP contribution < -0.4 is 20.3 Å². The van der Waals surface area contributed by atoms with Crippen LogP contribution in [0.1, 0.15) is 54.4 Å². The summed E-state index contributed by atoms with van der Waals surface area (Å²) in [5.74, 6) is 0.452. The Bertz CT molecular complexity index is 2320. The lowest BCUT2D eigenvalue weighted by atomic mass is 9.91. The first-order chi connectivity index (χ1) is 27.6. The Kier molecular flexibility index (Phi) is 10.8. The number of imide groups is 1. The first-order valence-corrected chi connectivity index (χ1v) is 19.6. The van der Waals surface area contributed by atoms with Crippen molar-refractivity contribution in [2.45, 2.75) is 58.4 Å². The van der Waals surface area contributed by atoms with Crippen molar-refractivity contribution >= 4 is 46.1 Å². The fourth-order valence-electron chi connectivity index (χ4n) is 7.75. The first-order valence-electron chi connectivity index (χ1n) is 19.6. The summed E-state index contributed by atoms with van der Waals surface area (Å²) >= 11 is 0. The fourth-order valence-corrected chi connectivity index (χ4v) is 7.75. The van der Waals surface area contributed by atoms with Crippen molar-refractivity contribution in [1.29, 1.82) is 0 Å². The Morgan fingerprint density at radius 1 is 0.947 bits per heavy atom. The molecule has 0 bridgehead atoms. The number of nitrogens with zero attached hydrogens (tertiary/aromatic N) is 7. The van der Waals surface area contributed by atoms with Crippen molar-refractivity contribution in [2.75, 3.05) is 56.1 Å². The number of hydrogen-bond acceptors (Lipinski definition) is 11. The summed E-state index contributed by atoms with van der Waals surface area (Å²) in [6.45, 7) is 11.1. The number of hydrogen-bond donors (Lipinski definition) is 2. The van der Waals surface area contributed by atoms with Crippen molar-refractivity contribution in [1.82, 2.24) is 35.1 Å². The molecule has 14 heteroatoms. The summed E-state index contributed by atoms with van der Waals surface area (Å²) in [4.78, 5) is 61.7. The van der Waals surface area contributed by atoms with Gasteiger partial charge in [-0.1, -0.05) is 31.2 Å². The van der Waals surface area contributed by atoms with Gasteiger partial charge in [-0.3, -0.25) is 24.6 Å². The van der Waals surface area contributed by atoms with E-state index < -0.39 is 5.82 Å². The number of carbonyl (C=O) groups is 3. The molecule has 6 heterocycles. The molecule has 3 aliphatic heterocycles. The van der Waals surface area contributed by atoms with Gasteiger partial charge in [-0.05, 0) is 73.2 Å². The van der Waals surface area contributed by atoms with Crippen LogP contribution in [0.25, 0.3) is 22.0 Å². The van der Waals surface area contributed by atoms with Crippen molar-refractivity contribution in [3.63, 3.8) is 0 Å². The highest BCUT2D eigenvalue weighted by Crippen LogP contribution is 2.32. The number of rotatable bonds is 11. The molecule has 0 spiro atoms. The van der Waals surface area contributed by atoms with E-state index in [2.05, 4.69) is 49.2 Å². The van der Waals surface area contributed by atoms with Crippen molar-refractivity contribution in [2.24, 2.45) is 0 Å². The minimum Gasteiger partial charge on any atom is -0.477 e. The molecule has 0 aliphatic carbocycles. The zero-order valence-corrected chi connectivity index (χ0v) is 32.4. The predicted octanol–water partition coefficient (Wildman–Crippen LogP) is 5.47. The molecule has 3 aromatic heterocycles. The number of aromatic nitrogens is 4. The summed E-state index contributed by atoms with van der Waals surface area (Å²) in [6, 6.07) is 15.0. The Morgan fingerprint density at radius 2 is 1.77 bits per heavy atom. The van der Waals surface area contributed by atoms with E-state index in [1.165, 1.54) is 6.07 Å². The molecular weight excluding hydrogens is 726 g/mol. The van der Waals surface area contributed by atoms with Crippen molar-refractivity contribution < 1.29 is 23.5 Å². The molecule has 57 heavy (non-hydrogen) atoms. The van der Waals surface area contributed by atoms with E-state index in [0.717, 1.165) is 77.1 Å². The molecule has 2 aromatic carbocycles. The Morgan fingerprint density at radius 3 is 2.51 bits per heavy atom. The molecule has 5 aromatic rings. The van der Waals surface area contributed by atoms with Gasteiger partial charge in [0.05, 0.1) is 24.5 Å². The van der Waals surface area contributed by atoms with Gasteiger partial charge < -0.3 is 19.9 Å². The van der Waals surface area contributed by atoms with Crippen LogP contribution in [-0.4, -0.2) is 99.4 Å². The van der Waals surface area contributed by atoms with Gasteiger partial charge in [-0.15, -0.1) is 0 Å². The van der Waals surface area contributed by atoms with E-state index in [4.69, 9.17) is 9.72 Å². The summed E-state index contributed by atoms with van der Waals surface area (Å²) < 4.78 is 21.2. The highest BCUT2D eigenvalue weighted by molar-refractivity contribution is 6.01. The Labute approximate surface area is 330 Å². The second-order valence-corrected chi connectivity index (χ2v) is 15.1. The van der Waals surface area contributed by atoms with Crippen molar-refractivity contribution in [3.05, 3.63) is 95.2 Å². The predicted molar refractivity (Wildman–Crippen MR) is 215 cm³/mol. The third-order valence-electron chi connectivity index (χ3n) is 11.4. The van der Waals surface area contributed by atoms with E-state index in [0.29, 0.717) is 61.7 Å². The number of piperazine rings is 1. The second-order valence-electron chi connectivity index (χ2n) is 15.1. The molecule has 0 saturated carbocycles. The van der Waals surface area contributed by atoms with Crippen LogP contribution >= 0.6 is 0 Å². The van der Waals surface area contributed by atoms with E-state index in [1.54, 1.807) is 24.5 Å². The number of pyridine rings is 2. The van der Waals surface area contributed by atoms with E-state index in [1.807, 2.05) is 48.4 Å². The average Bonchev–Trinajstić information content (AvgIpc) is 3.19. The van der Waals surface area contributed by atoms with Gasteiger partial charge >= 0.3 is 0 Å². The smallest absolute Gasteiger partial charge is 0.234 e. The maximum absolute atomic E-state index is 15.4. The number of ether oxygens (including phenoxy) is 1. The zero-order valence-electron chi connectivity index (χ0n) is 32.4. The van der Waals surface area contributed by atoms with Gasteiger partial charge in [0.25, 0.3) is 0 Å². The molecule has 3 fully saturated rings. The van der Waals surface area contributed by atoms with Crippen LogP contribution in [-0.2, 0) is 20.8 Å². The van der Waals surface area contributed by atoms with Crippen LogP contribution in [0.3, 0.4) is 0 Å². The summed E-state index contributed by atoms with van der Waals surface area (Å²) in [7, 11) is 0. The first kappa shape index (κ1) is 37.9. The third-order valence-corrected chi connectivity index (χ3v) is 11.4.